The highest BCUT2D eigenvalue weighted by Crippen LogP contribution is 2.33. The summed E-state index contributed by atoms with van der Waals surface area (Å²) in [6.07, 6.45) is 3.83. The first-order valence-electron chi connectivity index (χ1n) is 7.94. The molecular formula is C17H17ClN4O2. The lowest BCUT2D eigenvalue weighted by Crippen LogP contribution is -2.23. The summed E-state index contributed by atoms with van der Waals surface area (Å²) in [6, 6.07) is 7.69. The van der Waals surface area contributed by atoms with Crippen LogP contribution in [0.25, 0.3) is 11.3 Å². The molecule has 4 rings (SSSR count). The molecule has 1 atom stereocenters. The zero-order chi connectivity index (χ0) is 16.5. The molecule has 0 bridgehead atoms. The van der Waals surface area contributed by atoms with Crippen LogP contribution in [0, 0.1) is 6.92 Å². The summed E-state index contributed by atoms with van der Waals surface area (Å²) in [7, 11) is 0. The standard InChI is InChI=1S/C17H17ClN4O2/c1-11-20-21-17(23-11)14-6-3-7-22(14)10-16-19-9-15(24-16)12-4-2-5-13(18)8-12/h2,4-5,8-9,14H,3,6-7,10H2,1H3/t14-/m1/s1. The molecule has 1 aromatic carbocycles. The van der Waals surface area contributed by atoms with Crippen molar-refractivity contribution in [3.63, 3.8) is 0 Å². The lowest BCUT2D eigenvalue weighted by Gasteiger charge is -2.19. The van der Waals surface area contributed by atoms with Gasteiger partial charge in [0.15, 0.2) is 5.76 Å². The van der Waals surface area contributed by atoms with Gasteiger partial charge in [0.25, 0.3) is 0 Å². The Bertz CT molecular complexity index is 844. The Morgan fingerprint density at radius 3 is 3.00 bits per heavy atom. The van der Waals surface area contributed by atoms with E-state index in [4.69, 9.17) is 20.4 Å². The van der Waals surface area contributed by atoms with Gasteiger partial charge < -0.3 is 8.83 Å². The van der Waals surface area contributed by atoms with Gasteiger partial charge in [0.2, 0.25) is 17.7 Å². The molecule has 0 radical (unpaired) electrons. The maximum atomic E-state index is 6.03. The van der Waals surface area contributed by atoms with Gasteiger partial charge in [0.05, 0.1) is 18.8 Å². The normalized spacial score (nSPS) is 18.3. The zero-order valence-electron chi connectivity index (χ0n) is 13.3. The van der Waals surface area contributed by atoms with E-state index in [1.165, 1.54) is 0 Å². The number of halogens is 1. The molecule has 124 valence electrons. The van der Waals surface area contributed by atoms with Crippen molar-refractivity contribution in [3.05, 3.63) is 53.2 Å². The molecule has 3 heterocycles. The number of aryl methyl sites for hydroxylation is 1. The van der Waals surface area contributed by atoms with Crippen molar-refractivity contribution in [1.82, 2.24) is 20.1 Å². The largest absolute Gasteiger partial charge is 0.439 e. The maximum absolute atomic E-state index is 6.03. The van der Waals surface area contributed by atoms with E-state index in [0.29, 0.717) is 29.2 Å². The van der Waals surface area contributed by atoms with Gasteiger partial charge in [0, 0.05) is 17.5 Å². The minimum absolute atomic E-state index is 0.132. The van der Waals surface area contributed by atoms with Crippen LogP contribution in [0.3, 0.4) is 0 Å². The van der Waals surface area contributed by atoms with Gasteiger partial charge in [-0.3, -0.25) is 4.90 Å². The fraction of sp³-hybridized carbons (Fsp3) is 0.353. The summed E-state index contributed by atoms with van der Waals surface area (Å²) in [5.41, 5.74) is 0.923. The summed E-state index contributed by atoms with van der Waals surface area (Å²) < 4.78 is 11.5. The number of oxazole rings is 1. The second kappa shape index (κ2) is 6.37. The van der Waals surface area contributed by atoms with Gasteiger partial charge in [-0.1, -0.05) is 23.7 Å². The Kier molecular flexibility index (Phi) is 4.08. The average molecular weight is 345 g/mol. The van der Waals surface area contributed by atoms with E-state index in [0.717, 1.165) is 30.7 Å². The van der Waals surface area contributed by atoms with Crippen LogP contribution in [0.15, 0.2) is 39.3 Å². The van der Waals surface area contributed by atoms with Crippen molar-refractivity contribution >= 4 is 11.6 Å². The number of likely N-dealkylation sites (tertiary alicyclic amines) is 1. The molecule has 7 heteroatoms. The van der Waals surface area contributed by atoms with E-state index in [-0.39, 0.29) is 6.04 Å². The van der Waals surface area contributed by atoms with Crippen LogP contribution >= 0.6 is 11.6 Å². The Morgan fingerprint density at radius 1 is 1.29 bits per heavy atom. The van der Waals surface area contributed by atoms with Gasteiger partial charge in [-0.25, -0.2) is 4.98 Å². The predicted octanol–water partition coefficient (Wildman–Crippen LogP) is 4.02. The minimum Gasteiger partial charge on any atom is -0.439 e. The third-order valence-corrected chi connectivity index (χ3v) is 4.43. The monoisotopic (exact) mass is 344 g/mol. The molecule has 0 amide bonds. The summed E-state index contributed by atoms with van der Waals surface area (Å²) in [4.78, 5) is 6.67. The highest BCUT2D eigenvalue weighted by molar-refractivity contribution is 6.30. The summed E-state index contributed by atoms with van der Waals surface area (Å²) in [5.74, 6) is 2.66. The summed E-state index contributed by atoms with van der Waals surface area (Å²) in [5, 5.41) is 8.77. The Morgan fingerprint density at radius 2 is 2.21 bits per heavy atom. The molecule has 6 nitrogen and oxygen atoms in total. The van der Waals surface area contributed by atoms with E-state index < -0.39 is 0 Å². The van der Waals surface area contributed by atoms with E-state index in [2.05, 4.69) is 20.1 Å². The molecular weight excluding hydrogens is 328 g/mol. The van der Waals surface area contributed by atoms with Crippen LogP contribution in [-0.2, 0) is 6.54 Å². The number of rotatable bonds is 4. The Balaban J connectivity index is 1.51. The van der Waals surface area contributed by atoms with Crippen molar-refractivity contribution < 1.29 is 8.83 Å². The molecule has 1 aliphatic rings. The molecule has 0 spiro atoms. The quantitative estimate of drug-likeness (QED) is 0.712. The average Bonchev–Trinajstić information content (AvgIpc) is 3.28. The maximum Gasteiger partial charge on any atom is 0.233 e. The Labute approximate surface area is 144 Å². The van der Waals surface area contributed by atoms with Crippen molar-refractivity contribution in [3.8, 4) is 11.3 Å². The van der Waals surface area contributed by atoms with Crippen LogP contribution < -0.4 is 0 Å². The molecule has 2 aromatic heterocycles. The molecule has 0 N–H and O–H groups in total. The second-order valence-electron chi connectivity index (χ2n) is 5.92. The number of nitrogens with zero attached hydrogens (tertiary/aromatic N) is 4. The highest BCUT2D eigenvalue weighted by atomic mass is 35.5. The fourth-order valence-electron chi connectivity index (χ4n) is 3.07. The van der Waals surface area contributed by atoms with Crippen LogP contribution in [0.4, 0.5) is 0 Å². The molecule has 3 aromatic rings. The zero-order valence-corrected chi connectivity index (χ0v) is 14.0. The van der Waals surface area contributed by atoms with Crippen molar-refractivity contribution in [2.75, 3.05) is 6.54 Å². The van der Waals surface area contributed by atoms with E-state index >= 15 is 0 Å². The first-order valence-corrected chi connectivity index (χ1v) is 8.31. The molecule has 1 saturated heterocycles. The number of hydrogen-bond donors (Lipinski definition) is 0. The molecule has 1 aliphatic heterocycles. The van der Waals surface area contributed by atoms with Crippen molar-refractivity contribution in [2.45, 2.75) is 32.4 Å². The van der Waals surface area contributed by atoms with Gasteiger partial charge in [-0.15, -0.1) is 10.2 Å². The number of hydrogen-bond acceptors (Lipinski definition) is 6. The smallest absolute Gasteiger partial charge is 0.233 e. The van der Waals surface area contributed by atoms with E-state index in [1.807, 2.05) is 24.3 Å². The lowest BCUT2D eigenvalue weighted by atomic mass is 10.2. The fourth-order valence-corrected chi connectivity index (χ4v) is 3.26. The van der Waals surface area contributed by atoms with Gasteiger partial charge >= 0.3 is 0 Å². The van der Waals surface area contributed by atoms with Crippen LogP contribution in [0.1, 0.15) is 36.6 Å². The summed E-state index contributed by atoms with van der Waals surface area (Å²) in [6.45, 7) is 3.38. The Hall–Kier alpha value is -2.18. The van der Waals surface area contributed by atoms with Crippen LogP contribution in [-0.4, -0.2) is 26.6 Å². The third-order valence-electron chi connectivity index (χ3n) is 4.19. The molecule has 0 saturated carbocycles. The van der Waals surface area contributed by atoms with Crippen molar-refractivity contribution in [2.24, 2.45) is 0 Å². The van der Waals surface area contributed by atoms with Gasteiger partial charge in [0.1, 0.15) is 0 Å². The third kappa shape index (κ3) is 3.07. The molecule has 24 heavy (non-hydrogen) atoms. The second-order valence-corrected chi connectivity index (χ2v) is 6.35. The highest BCUT2D eigenvalue weighted by Gasteiger charge is 2.31. The van der Waals surface area contributed by atoms with Crippen molar-refractivity contribution in [1.29, 1.82) is 0 Å². The molecule has 0 aliphatic carbocycles. The predicted molar refractivity (Wildman–Crippen MR) is 88.4 cm³/mol. The molecule has 1 fully saturated rings. The first kappa shape index (κ1) is 15.4. The topological polar surface area (TPSA) is 68.2 Å². The molecule has 0 unspecified atom stereocenters. The lowest BCUT2D eigenvalue weighted by molar-refractivity contribution is 0.195. The SMILES string of the molecule is Cc1nnc([C@H]2CCCN2Cc2ncc(-c3cccc(Cl)c3)o2)o1. The summed E-state index contributed by atoms with van der Waals surface area (Å²) >= 11 is 6.03. The first-order chi connectivity index (χ1) is 11.7. The number of benzene rings is 1. The van der Waals surface area contributed by atoms with E-state index in [9.17, 15) is 0 Å². The van der Waals surface area contributed by atoms with Gasteiger partial charge in [-0.05, 0) is 31.5 Å². The number of aromatic nitrogens is 3. The van der Waals surface area contributed by atoms with Crippen LogP contribution in [0.2, 0.25) is 5.02 Å². The van der Waals surface area contributed by atoms with Gasteiger partial charge in [-0.2, -0.15) is 0 Å². The minimum atomic E-state index is 0.132. The van der Waals surface area contributed by atoms with E-state index in [1.54, 1.807) is 13.1 Å². The van der Waals surface area contributed by atoms with Crippen LogP contribution in [0.5, 0.6) is 0 Å².